The lowest BCUT2D eigenvalue weighted by atomic mass is 10.2. The zero-order valence-corrected chi connectivity index (χ0v) is 10.7. The van der Waals surface area contributed by atoms with Crippen molar-refractivity contribution in [2.75, 3.05) is 5.32 Å². The third kappa shape index (κ3) is 2.42. The minimum absolute atomic E-state index is 0.153. The van der Waals surface area contributed by atoms with Crippen molar-refractivity contribution in [2.45, 2.75) is 18.9 Å². The summed E-state index contributed by atoms with van der Waals surface area (Å²) in [5.41, 5.74) is 1.24. The lowest BCUT2D eigenvalue weighted by Crippen LogP contribution is -2.16. The number of nitrogens with one attached hydrogen (secondary N) is 1. The van der Waals surface area contributed by atoms with E-state index in [4.69, 9.17) is 5.11 Å². The molecule has 0 bridgehead atoms. The fraction of sp³-hybridized carbons (Fsp3) is 0.200. The van der Waals surface area contributed by atoms with Crippen LogP contribution in [0.15, 0.2) is 42.6 Å². The molecule has 0 spiro atoms. The predicted octanol–water partition coefficient (Wildman–Crippen LogP) is 2.77. The van der Waals surface area contributed by atoms with Gasteiger partial charge in [-0.1, -0.05) is 6.07 Å². The SMILES string of the molecule is O=C(O)c1cccc(NC(=O)c2cccn2C2CC2)c1. The van der Waals surface area contributed by atoms with Crippen LogP contribution in [0.3, 0.4) is 0 Å². The van der Waals surface area contributed by atoms with Crippen LogP contribution in [0.5, 0.6) is 0 Å². The summed E-state index contributed by atoms with van der Waals surface area (Å²) in [6.45, 7) is 0. The Kier molecular flexibility index (Phi) is 3.02. The molecule has 0 unspecified atom stereocenters. The molecule has 1 aliphatic carbocycles. The number of carbonyl (C=O) groups is 2. The molecule has 1 fully saturated rings. The highest BCUT2D eigenvalue weighted by Crippen LogP contribution is 2.36. The van der Waals surface area contributed by atoms with Crippen LogP contribution < -0.4 is 5.32 Å². The van der Waals surface area contributed by atoms with Gasteiger partial charge in [-0.2, -0.15) is 0 Å². The smallest absolute Gasteiger partial charge is 0.335 e. The number of aromatic nitrogens is 1. The van der Waals surface area contributed by atoms with Gasteiger partial charge >= 0.3 is 5.97 Å². The van der Waals surface area contributed by atoms with Crippen molar-refractivity contribution < 1.29 is 14.7 Å². The maximum absolute atomic E-state index is 12.2. The van der Waals surface area contributed by atoms with Gasteiger partial charge in [-0.25, -0.2) is 4.79 Å². The van der Waals surface area contributed by atoms with Gasteiger partial charge in [-0.15, -0.1) is 0 Å². The summed E-state index contributed by atoms with van der Waals surface area (Å²) in [5, 5.41) is 11.7. The minimum atomic E-state index is -1.01. The molecule has 2 aromatic rings. The van der Waals surface area contributed by atoms with Crippen molar-refractivity contribution in [3.63, 3.8) is 0 Å². The summed E-state index contributed by atoms with van der Waals surface area (Å²) in [4.78, 5) is 23.1. The number of carboxylic acids is 1. The van der Waals surface area contributed by atoms with Gasteiger partial charge in [0, 0.05) is 17.9 Å². The maximum atomic E-state index is 12.2. The molecular formula is C15H14N2O3. The third-order valence-corrected chi connectivity index (χ3v) is 3.32. The Morgan fingerprint density at radius 3 is 2.70 bits per heavy atom. The number of anilines is 1. The van der Waals surface area contributed by atoms with Crippen molar-refractivity contribution in [2.24, 2.45) is 0 Å². The molecule has 5 nitrogen and oxygen atoms in total. The van der Waals surface area contributed by atoms with E-state index in [1.54, 1.807) is 18.2 Å². The Labute approximate surface area is 115 Å². The van der Waals surface area contributed by atoms with Gasteiger partial charge in [0.1, 0.15) is 5.69 Å². The Morgan fingerprint density at radius 2 is 2.00 bits per heavy atom. The number of rotatable bonds is 4. The van der Waals surface area contributed by atoms with Crippen LogP contribution in [0.1, 0.15) is 39.7 Å². The second kappa shape index (κ2) is 4.85. The Hall–Kier alpha value is -2.56. The number of aromatic carboxylic acids is 1. The molecule has 1 amide bonds. The van der Waals surface area contributed by atoms with Gasteiger partial charge in [-0.05, 0) is 43.2 Å². The Bertz CT molecular complexity index is 671. The monoisotopic (exact) mass is 270 g/mol. The molecule has 0 aliphatic heterocycles. The summed E-state index contributed by atoms with van der Waals surface area (Å²) in [7, 11) is 0. The van der Waals surface area contributed by atoms with Crippen molar-refractivity contribution in [1.82, 2.24) is 4.57 Å². The molecule has 20 heavy (non-hydrogen) atoms. The van der Waals surface area contributed by atoms with Crippen LogP contribution >= 0.6 is 0 Å². The fourth-order valence-corrected chi connectivity index (χ4v) is 2.18. The molecule has 1 aliphatic rings. The highest BCUT2D eigenvalue weighted by molar-refractivity contribution is 6.03. The quantitative estimate of drug-likeness (QED) is 0.897. The molecular weight excluding hydrogens is 256 g/mol. The van der Waals surface area contributed by atoms with E-state index in [0.717, 1.165) is 12.8 Å². The first-order valence-corrected chi connectivity index (χ1v) is 6.47. The van der Waals surface area contributed by atoms with E-state index in [1.807, 2.05) is 16.8 Å². The van der Waals surface area contributed by atoms with Gasteiger partial charge in [-0.3, -0.25) is 4.79 Å². The number of carboxylic acid groups (broad SMARTS) is 1. The summed E-state index contributed by atoms with van der Waals surface area (Å²) in [6, 6.07) is 10.3. The van der Waals surface area contributed by atoms with Gasteiger partial charge in [0.25, 0.3) is 5.91 Å². The van der Waals surface area contributed by atoms with Crippen molar-refractivity contribution in [3.05, 3.63) is 53.9 Å². The Morgan fingerprint density at radius 1 is 1.20 bits per heavy atom. The lowest BCUT2D eigenvalue weighted by molar-refractivity contribution is 0.0696. The van der Waals surface area contributed by atoms with Gasteiger partial charge in [0.15, 0.2) is 0 Å². The highest BCUT2D eigenvalue weighted by Gasteiger charge is 2.26. The molecule has 102 valence electrons. The third-order valence-electron chi connectivity index (χ3n) is 3.32. The Balaban J connectivity index is 1.80. The number of hydrogen-bond donors (Lipinski definition) is 2. The second-order valence-electron chi connectivity index (χ2n) is 4.87. The first kappa shape index (κ1) is 12.5. The van der Waals surface area contributed by atoms with Crippen LogP contribution in [0, 0.1) is 0 Å². The maximum Gasteiger partial charge on any atom is 0.335 e. The van der Waals surface area contributed by atoms with Gasteiger partial charge in [0.05, 0.1) is 5.56 Å². The van der Waals surface area contributed by atoms with E-state index >= 15 is 0 Å². The van der Waals surface area contributed by atoms with E-state index in [2.05, 4.69) is 5.32 Å². The molecule has 2 N–H and O–H groups in total. The van der Waals surface area contributed by atoms with Crippen molar-refractivity contribution in [1.29, 1.82) is 0 Å². The van der Waals surface area contributed by atoms with Crippen LogP contribution in [0.2, 0.25) is 0 Å². The van der Waals surface area contributed by atoms with Crippen LogP contribution in [0.4, 0.5) is 5.69 Å². The molecule has 0 saturated heterocycles. The summed E-state index contributed by atoms with van der Waals surface area (Å²) in [5.74, 6) is -1.23. The molecule has 3 rings (SSSR count). The number of amides is 1. The van der Waals surface area contributed by atoms with Crippen molar-refractivity contribution >= 4 is 17.6 Å². The zero-order chi connectivity index (χ0) is 14.1. The molecule has 5 heteroatoms. The van der Waals surface area contributed by atoms with E-state index in [9.17, 15) is 9.59 Å². The number of benzene rings is 1. The number of hydrogen-bond acceptors (Lipinski definition) is 2. The van der Waals surface area contributed by atoms with Gasteiger partial charge < -0.3 is 15.0 Å². The topological polar surface area (TPSA) is 71.3 Å². The summed E-state index contributed by atoms with van der Waals surface area (Å²) < 4.78 is 1.97. The second-order valence-corrected chi connectivity index (χ2v) is 4.87. The molecule has 1 aromatic heterocycles. The van der Waals surface area contributed by atoms with Crippen LogP contribution in [0.25, 0.3) is 0 Å². The zero-order valence-electron chi connectivity index (χ0n) is 10.7. The van der Waals surface area contributed by atoms with Crippen molar-refractivity contribution in [3.8, 4) is 0 Å². The average Bonchev–Trinajstić information content (AvgIpc) is 3.16. The molecule has 1 heterocycles. The van der Waals surface area contributed by atoms with Crippen LogP contribution in [-0.4, -0.2) is 21.6 Å². The van der Waals surface area contributed by atoms with E-state index in [0.29, 0.717) is 17.4 Å². The number of nitrogens with zero attached hydrogens (tertiary/aromatic N) is 1. The minimum Gasteiger partial charge on any atom is -0.478 e. The first-order chi connectivity index (χ1) is 9.65. The molecule has 0 atom stereocenters. The fourth-order valence-electron chi connectivity index (χ4n) is 2.18. The van der Waals surface area contributed by atoms with E-state index in [1.165, 1.54) is 12.1 Å². The van der Waals surface area contributed by atoms with E-state index in [-0.39, 0.29) is 11.5 Å². The first-order valence-electron chi connectivity index (χ1n) is 6.47. The average molecular weight is 270 g/mol. The van der Waals surface area contributed by atoms with Gasteiger partial charge in [0.2, 0.25) is 0 Å². The predicted molar refractivity (Wildman–Crippen MR) is 74.1 cm³/mol. The summed E-state index contributed by atoms with van der Waals surface area (Å²) >= 11 is 0. The van der Waals surface area contributed by atoms with E-state index < -0.39 is 5.97 Å². The largest absolute Gasteiger partial charge is 0.478 e. The number of carbonyl (C=O) groups excluding carboxylic acids is 1. The molecule has 1 aromatic carbocycles. The highest BCUT2D eigenvalue weighted by atomic mass is 16.4. The van der Waals surface area contributed by atoms with Crippen LogP contribution in [-0.2, 0) is 0 Å². The normalized spacial score (nSPS) is 14.0. The lowest BCUT2D eigenvalue weighted by Gasteiger charge is -2.09. The standard InChI is InChI=1S/C15H14N2O3/c18-14(13-5-2-8-17(13)12-6-7-12)16-11-4-1-3-10(9-11)15(19)20/h1-5,8-9,12H,6-7H2,(H,16,18)(H,19,20). The molecule has 0 radical (unpaired) electrons. The molecule has 1 saturated carbocycles. The summed E-state index contributed by atoms with van der Waals surface area (Å²) in [6.07, 6.45) is 4.10.